The molecular weight excluding hydrogens is 326 g/mol. The predicted octanol–water partition coefficient (Wildman–Crippen LogP) is 3.06. The van der Waals surface area contributed by atoms with Crippen molar-refractivity contribution < 1.29 is 4.74 Å². The number of para-hydroxylation sites is 1. The molecule has 0 unspecified atom stereocenters. The number of hydrogen-bond acceptors (Lipinski definition) is 3. The first-order valence-corrected chi connectivity index (χ1v) is 9.39. The maximum absolute atomic E-state index is 5.91. The Balaban J connectivity index is 1.87. The number of ether oxygens (including phenoxy) is 1. The summed E-state index contributed by atoms with van der Waals surface area (Å²) in [7, 11) is 0. The van der Waals surface area contributed by atoms with Crippen molar-refractivity contribution in [2.45, 2.75) is 40.3 Å². The Morgan fingerprint density at radius 1 is 1.23 bits per heavy atom. The monoisotopic (exact) mass is 357 g/mol. The molecule has 0 amide bonds. The van der Waals surface area contributed by atoms with E-state index in [0.29, 0.717) is 19.1 Å². The Morgan fingerprint density at radius 2 is 2.08 bits per heavy atom. The molecule has 0 fully saturated rings. The van der Waals surface area contributed by atoms with E-state index in [-0.39, 0.29) is 0 Å². The molecule has 0 atom stereocenters. The van der Waals surface area contributed by atoms with Crippen LogP contribution >= 0.6 is 0 Å². The highest BCUT2D eigenvalue weighted by molar-refractivity contribution is 5.79. The molecule has 26 heavy (non-hydrogen) atoms. The highest BCUT2D eigenvalue weighted by atomic mass is 16.5. The minimum absolute atomic E-state index is 0.500. The summed E-state index contributed by atoms with van der Waals surface area (Å²) < 4.78 is 7.85. The summed E-state index contributed by atoms with van der Waals surface area (Å²) >= 11 is 0. The first kappa shape index (κ1) is 19.8. The van der Waals surface area contributed by atoms with E-state index in [0.717, 1.165) is 43.3 Å². The van der Waals surface area contributed by atoms with Gasteiger partial charge in [0.2, 0.25) is 0 Å². The molecule has 1 aromatic carbocycles. The topological polar surface area (TPSA) is 63.5 Å². The van der Waals surface area contributed by atoms with Crippen molar-refractivity contribution in [2.24, 2.45) is 10.9 Å². The van der Waals surface area contributed by atoms with Gasteiger partial charge >= 0.3 is 0 Å². The maximum Gasteiger partial charge on any atom is 0.191 e. The lowest BCUT2D eigenvalue weighted by molar-refractivity contribution is 0.268. The number of aryl methyl sites for hydroxylation is 1. The molecule has 0 aliphatic heterocycles. The number of rotatable bonds is 10. The minimum Gasteiger partial charge on any atom is -0.493 e. The zero-order valence-electron chi connectivity index (χ0n) is 16.1. The third kappa shape index (κ3) is 7.17. The fourth-order valence-electron chi connectivity index (χ4n) is 2.42. The minimum atomic E-state index is 0.500. The molecule has 0 aliphatic rings. The van der Waals surface area contributed by atoms with Crippen LogP contribution < -0.4 is 15.4 Å². The van der Waals surface area contributed by atoms with Crippen LogP contribution in [0.5, 0.6) is 5.75 Å². The fraction of sp³-hybridized carbons (Fsp3) is 0.500. The molecule has 0 saturated carbocycles. The van der Waals surface area contributed by atoms with Gasteiger partial charge in [0.05, 0.1) is 13.2 Å². The maximum atomic E-state index is 5.91. The van der Waals surface area contributed by atoms with Crippen LogP contribution in [0.1, 0.15) is 32.8 Å². The normalized spacial score (nSPS) is 11.6. The molecule has 6 heteroatoms. The molecule has 0 spiro atoms. The first-order valence-electron chi connectivity index (χ1n) is 9.39. The van der Waals surface area contributed by atoms with Crippen molar-refractivity contribution in [1.82, 2.24) is 20.4 Å². The van der Waals surface area contributed by atoms with Crippen molar-refractivity contribution in [3.63, 3.8) is 0 Å². The number of nitrogens with zero attached hydrogens (tertiary/aromatic N) is 3. The van der Waals surface area contributed by atoms with Gasteiger partial charge in [-0.1, -0.05) is 32.0 Å². The van der Waals surface area contributed by atoms with E-state index >= 15 is 0 Å². The number of nitrogens with one attached hydrogen (secondary N) is 2. The van der Waals surface area contributed by atoms with Crippen molar-refractivity contribution in [3.8, 4) is 5.75 Å². The van der Waals surface area contributed by atoms with Gasteiger partial charge in [0.15, 0.2) is 5.96 Å². The lowest BCUT2D eigenvalue weighted by atomic mass is 10.2. The Kier molecular flexibility index (Phi) is 8.52. The average molecular weight is 358 g/mol. The first-order chi connectivity index (χ1) is 12.7. The molecule has 0 radical (unpaired) electrons. The molecule has 2 N–H and O–H groups in total. The summed E-state index contributed by atoms with van der Waals surface area (Å²) in [6, 6.07) is 10.1. The van der Waals surface area contributed by atoms with Crippen LogP contribution in [0.15, 0.2) is 47.7 Å². The van der Waals surface area contributed by atoms with E-state index in [9.17, 15) is 0 Å². The zero-order valence-corrected chi connectivity index (χ0v) is 16.1. The number of benzene rings is 1. The summed E-state index contributed by atoms with van der Waals surface area (Å²) in [5.41, 5.74) is 1.10. The average Bonchev–Trinajstić information content (AvgIpc) is 3.15. The van der Waals surface area contributed by atoms with E-state index in [2.05, 4.69) is 42.6 Å². The molecule has 0 aliphatic carbocycles. The van der Waals surface area contributed by atoms with Gasteiger partial charge in [-0.15, -0.1) is 0 Å². The second-order valence-electron chi connectivity index (χ2n) is 6.56. The number of guanidine groups is 1. The smallest absolute Gasteiger partial charge is 0.191 e. The Bertz CT molecular complexity index is 652. The van der Waals surface area contributed by atoms with Gasteiger partial charge in [0.1, 0.15) is 5.75 Å². The number of aliphatic imine (C=N–C) groups is 1. The Hall–Kier alpha value is -2.50. The lowest BCUT2D eigenvalue weighted by Crippen LogP contribution is -2.38. The summed E-state index contributed by atoms with van der Waals surface area (Å²) in [5.74, 6) is 2.24. The molecule has 1 aromatic heterocycles. The quantitative estimate of drug-likeness (QED) is 0.390. The third-order valence-corrected chi connectivity index (χ3v) is 3.71. The van der Waals surface area contributed by atoms with Crippen LogP contribution in [0.25, 0.3) is 0 Å². The van der Waals surface area contributed by atoms with Gasteiger partial charge in [-0.2, -0.15) is 5.10 Å². The Morgan fingerprint density at radius 3 is 2.81 bits per heavy atom. The number of hydrogen-bond donors (Lipinski definition) is 2. The van der Waals surface area contributed by atoms with Crippen LogP contribution in [0, 0.1) is 5.92 Å². The lowest BCUT2D eigenvalue weighted by Gasteiger charge is -2.14. The van der Waals surface area contributed by atoms with Crippen molar-refractivity contribution >= 4 is 5.96 Å². The molecule has 1 heterocycles. The fourth-order valence-corrected chi connectivity index (χ4v) is 2.42. The van der Waals surface area contributed by atoms with Gasteiger partial charge in [0, 0.05) is 37.6 Å². The molecule has 6 nitrogen and oxygen atoms in total. The van der Waals surface area contributed by atoms with Gasteiger partial charge in [-0.25, -0.2) is 4.99 Å². The van der Waals surface area contributed by atoms with E-state index in [1.165, 1.54) is 0 Å². The molecule has 2 rings (SSSR count). The SMILES string of the molecule is CCNC(=NCc1ccccc1OCC(C)C)NCCCn1cccn1. The third-order valence-electron chi connectivity index (χ3n) is 3.71. The summed E-state index contributed by atoms with van der Waals surface area (Å²) in [5, 5.41) is 10.9. The van der Waals surface area contributed by atoms with Gasteiger partial charge in [-0.05, 0) is 31.4 Å². The molecule has 142 valence electrons. The number of aromatic nitrogens is 2. The van der Waals surface area contributed by atoms with Gasteiger partial charge < -0.3 is 15.4 Å². The summed E-state index contributed by atoms with van der Waals surface area (Å²) in [4.78, 5) is 4.70. The van der Waals surface area contributed by atoms with Crippen LogP contribution in [0.3, 0.4) is 0 Å². The zero-order chi connectivity index (χ0) is 18.6. The van der Waals surface area contributed by atoms with E-state index in [1.54, 1.807) is 6.20 Å². The van der Waals surface area contributed by atoms with Crippen LogP contribution in [0.2, 0.25) is 0 Å². The Labute approximate surface area is 156 Å². The van der Waals surface area contributed by atoms with Crippen LogP contribution in [0.4, 0.5) is 0 Å². The van der Waals surface area contributed by atoms with Crippen molar-refractivity contribution in [3.05, 3.63) is 48.3 Å². The van der Waals surface area contributed by atoms with Crippen LogP contribution in [-0.2, 0) is 13.1 Å². The van der Waals surface area contributed by atoms with Crippen molar-refractivity contribution in [1.29, 1.82) is 0 Å². The molecule has 2 aromatic rings. The van der Waals surface area contributed by atoms with E-state index in [1.807, 2.05) is 35.1 Å². The molecule has 0 bridgehead atoms. The molecular formula is C20H31N5O. The highest BCUT2D eigenvalue weighted by Gasteiger charge is 2.05. The summed E-state index contributed by atoms with van der Waals surface area (Å²) in [6.07, 6.45) is 4.77. The van der Waals surface area contributed by atoms with E-state index < -0.39 is 0 Å². The molecule has 0 saturated heterocycles. The van der Waals surface area contributed by atoms with E-state index in [4.69, 9.17) is 9.73 Å². The summed E-state index contributed by atoms with van der Waals surface area (Å²) in [6.45, 7) is 10.2. The van der Waals surface area contributed by atoms with Crippen molar-refractivity contribution in [2.75, 3.05) is 19.7 Å². The van der Waals surface area contributed by atoms with Crippen LogP contribution in [-0.4, -0.2) is 35.4 Å². The second kappa shape index (κ2) is 11.2. The predicted molar refractivity (Wildman–Crippen MR) is 106 cm³/mol. The standard InChI is InChI=1S/C20H31N5O/c1-4-21-20(22-11-7-13-25-14-8-12-24-25)23-15-18-9-5-6-10-19(18)26-16-17(2)3/h5-6,8-10,12,14,17H,4,7,11,13,15-16H2,1-3H3,(H2,21,22,23). The second-order valence-corrected chi connectivity index (χ2v) is 6.56. The van der Waals surface area contributed by atoms with Gasteiger partial charge in [0.25, 0.3) is 0 Å². The highest BCUT2D eigenvalue weighted by Crippen LogP contribution is 2.19. The van der Waals surface area contributed by atoms with Gasteiger partial charge in [-0.3, -0.25) is 4.68 Å². The largest absolute Gasteiger partial charge is 0.493 e.